The zero-order chi connectivity index (χ0) is 12.8. The van der Waals surface area contributed by atoms with Gasteiger partial charge in [0, 0.05) is 31.1 Å². The number of hydrogen-bond donors (Lipinski definition) is 2. The highest BCUT2D eigenvalue weighted by Gasteiger charge is 2.46. The summed E-state index contributed by atoms with van der Waals surface area (Å²) in [5, 5.41) is 9.98. The second-order valence-corrected chi connectivity index (χ2v) is 7.19. The molecule has 2 rings (SSSR count). The van der Waals surface area contributed by atoms with Gasteiger partial charge in [-0.05, 0) is 31.1 Å². The molecule has 3 nitrogen and oxygen atoms in total. The lowest BCUT2D eigenvalue weighted by Gasteiger charge is -2.41. The third kappa shape index (κ3) is 2.51. The van der Waals surface area contributed by atoms with Crippen molar-refractivity contribution in [1.29, 1.82) is 0 Å². The molecule has 17 heavy (non-hydrogen) atoms. The van der Waals surface area contributed by atoms with Crippen molar-refractivity contribution in [3.8, 4) is 0 Å². The predicted molar refractivity (Wildman–Crippen MR) is 70.7 cm³/mol. The molecule has 0 aromatic carbocycles. The van der Waals surface area contributed by atoms with Gasteiger partial charge in [-0.25, -0.2) is 0 Å². The van der Waals surface area contributed by atoms with E-state index in [1.807, 2.05) is 0 Å². The first-order chi connectivity index (χ1) is 7.80. The lowest BCUT2D eigenvalue weighted by atomic mass is 9.82. The average Bonchev–Trinajstić information content (AvgIpc) is 2.66. The van der Waals surface area contributed by atoms with Crippen LogP contribution in [0.5, 0.6) is 0 Å². The highest BCUT2D eigenvalue weighted by atomic mass is 16.3. The SMILES string of the molecule is CC(N)C(N1CC2CCC(O)C2C1)C(C)(C)C. The van der Waals surface area contributed by atoms with Gasteiger partial charge in [0.1, 0.15) is 0 Å². The maximum atomic E-state index is 9.98. The molecule has 2 aliphatic rings. The van der Waals surface area contributed by atoms with E-state index in [1.165, 1.54) is 6.42 Å². The Morgan fingerprint density at radius 1 is 1.24 bits per heavy atom. The molecule has 0 amide bonds. The second-order valence-electron chi connectivity index (χ2n) is 7.19. The summed E-state index contributed by atoms with van der Waals surface area (Å²) in [7, 11) is 0. The quantitative estimate of drug-likeness (QED) is 0.768. The molecule has 0 spiro atoms. The number of likely N-dealkylation sites (tertiary alicyclic amines) is 1. The first-order valence-corrected chi connectivity index (χ1v) is 6.98. The topological polar surface area (TPSA) is 49.5 Å². The molecule has 100 valence electrons. The highest BCUT2D eigenvalue weighted by Crippen LogP contribution is 2.41. The van der Waals surface area contributed by atoms with Crippen LogP contribution in [0.2, 0.25) is 0 Å². The number of aliphatic hydroxyl groups excluding tert-OH is 1. The van der Waals surface area contributed by atoms with Crippen LogP contribution < -0.4 is 5.73 Å². The molecule has 0 bridgehead atoms. The van der Waals surface area contributed by atoms with Crippen LogP contribution in [0.4, 0.5) is 0 Å². The van der Waals surface area contributed by atoms with Crippen molar-refractivity contribution >= 4 is 0 Å². The lowest BCUT2D eigenvalue weighted by molar-refractivity contribution is 0.0776. The van der Waals surface area contributed by atoms with Gasteiger partial charge in [0.25, 0.3) is 0 Å². The van der Waals surface area contributed by atoms with E-state index in [4.69, 9.17) is 5.73 Å². The van der Waals surface area contributed by atoms with Gasteiger partial charge in [-0.2, -0.15) is 0 Å². The first-order valence-electron chi connectivity index (χ1n) is 6.98. The zero-order valence-electron chi connectivity index (χ0n) is 11.7. The van der Waals surface area contributed by atoms with Crippen molar-refractivity contribution in [3.05, 3.63) is 0 Å². The average molecular weight is 240 g/mol. The van der Waals surface area contributed by atoms with Crippen LogP contribution in [-0.4, -0.2) is 41.3 Å². The number of rotatable bonds is 2. The molecule has 1 aliphatic carbocycles. The van der Waals surface area contributed by atoms with E-state index in [0.29, 0.717) is 17.9 Å². The van der Waals surface area contributed by atoms with Gasteiger partial charge < -0.3 is 10.8 Å². The highest BCUT2D eigenvalue weighted by molar-refractivity contribution is 4.99. The summed E-state index contributed by atoms with van der Waals surface area (Å²) in [5.74, 6) is 1.20. The Morgan fingerprint density at radius 2 is 1.88 bits per heavy atom. The van der Waals surface area contributed by atoms with Crippen LogP contribution >= 0.6 is 0 Å². The number of nitrogens with zero attached hydrogens (tertiary/aromatic N) is 1. The van der Waals surface area contributed by atoms with Crippen molar-refractivity contribution in [1.82, 2.24) is 4.90 Å². The predicted octanol–water partition coefficient (Wildman–Crippen LogP) is 1.45. The molecule has 3 N–H and O–H groups in total. The van der Waals surface area contributed by atoms with E-state index in [2.05, 4.69) is 32.6 Å². The molecule has 1 saturated carbocycles. The van der Waals surface area contributed by atoms with Gasteiger partial charge >= 0.3 is 0 Å². The van der Waals surface area contributed by atoms with Crippen molar-refractivity contribution < 1.29 is 5.11 Å². The summed E-state index contributed by atoms with van der Waals surface area (Å²) in [5.41, 5.74) is 6.39. The second kappa shape index (κ2) is 4.52. The van der Waals surface area contributed by atoms with Gasteiger partial charge in [-0.1, -0.05) is 20.8 Å². The summed E-state index contributed by atoms with van der Waals surface area (Å²) in [6.07, 6.45) is 2.12. The summed E-state index contributed by atoms with van der Waals surface area (Å²) >= 11 is 0. The molecule has 0 aromatic heterocycles. The fourth-order valence-electron chi connectivity index (χ4n) is 4.17. The van der Waals surface area contributed by atoms with Crippen LogP contribution in [0.15, 0.2) is 0 Å². The van der Waals surface area contributed by atoms with Crippen molar-refractivity contribution in [2.24, 2.45) is 23.0 Å². The Balaban J connectivity index is 2.08. The molecule has 1 aliphatic heterocycles. The molecule has 1 heterocycles. The van der Waals surface area contributed by atoms with Crippen LogP contribution in [0.1, 0.15) is 40.5 Å². The van der Waals surface area contributed by atoms with Crippen LogP contribution in [0.25, 0.3) is 0 Å². The standard InChI is InChI=1S/C14H28N2O/c1-9(15)13(14(2,3)4)16-7-10-5-6-12(17)11(10)8-16/h9-13,17H,5-8,15H2,1-4H3. The third-order valence-electron chi connectivity index (χ3n) is 4.63. The molecule has 1 saturated heterocycles. The van der Waals surface area contributed by atoms with Gasteiger partial charge in [0.2, 0.25) is 0 Å². The third-order valence-corrected chi connectivity index (χ3v) is 4.63. The Labute approximate surface area is 105 Å². The van der Waals surface area contributed by atoms with Crippen LogP contribution in [-0.2, 0) is 0 Å². The molecule has 5 unspecified atom stereocenters. The van der Waals surface area contributed by atoms with Gasteiger partial charge in [0.15, 0.2) is 0 Å². The van der Waals surface area contributed by atoms with Crippen molar-refractivity contribution in [2.45, 2.75) is 58.7 Å². The minimum atomic E-state index is -0.0706. The Hall–Kier alpha value is -0.120. The number of nitrogens with two attached hydrogens (primary N) is 1. The van der Waals surface area contributed by atoms with Crippen molar-refractivity contribution in [3.63, 3.8) is 0 Å². The number of aliphatic hydroxyl groups is 1. The van der Waals surface area contributed by atoms with Gasteiger partial charge in [-0.15, -0.1) is 0 Å². The summed E-state index contributed by atoms with van der Waals surface area (Å²) in [4.78, 5) is 2.53. The van der Waals surface area contributed by atoms with E-state index in [9.17, 15) is 5.11 Å². The zero-order valence-corrected chi connectivity index (χ0v) is 11.7. The minimum absolute atomic E-state index is 0.0706. The first kappa shape index (κ1) is 13.3. The summed E-state index contributed by atoms with van der Waals surface area (Å²) < 4.78 is 0. The maximum Gasteiger partial charge on any atom is 0.0583 e. The minimum Gasteiger partial charge on any atom is -0.393 e. The largest absolute Gasteiger partial charge is 0.393 e. The smallest absolute Gasteiger partial charge is 0.0583 e. The van der Waals surface area contributed by atoms with Crippen LogP contribution in [0, 0.1) is 17.3 Å². The van der Waals surface area contributed by atoms with Crippen LogP contribution in [0.3, 0.4) is 0 Å². The molecule has 0 radical (unpaired) electrons. The Morgan fingerprint density at radius 3 is 2.35 bits per heavy atom. The molecule has 2 fully saturated rings. The molecular weight excluding hydrogens is 212 g/mol. The lowest BCUT2D eigenvalue weighted by Crippen LogP contribution is -2.53. The van der Waals surface area contributed by atoms with E-state index < -0.39 is 0 Å². The maximum absolute atomic E-state index is 9.98. The van der Waals surface area contributed by atoms with E-state index in [0.717, 1.165) is 19.5 Å². The monoisotopic (exact) mass is 240 g/mol. The molecule has 5 atom stereocenters. The summed E-state index contributed by atoms with van der Waals surface area (Å²) in [6.45, 7) is 11.1. The van der Waals surface area contributed by atoms with E-state index in [1.54, 1.807) is 0 Å². The Kier molecular flexibility index (Phi) is 3.54. The molecule has 0 aromatic rings. The normalized spacial score (nSPS) is 38.1. The molecule has 3 heteroatoms. The fourth-order valence-corrected chi connectivity index (χ4v) is 4.17. The fraction of sp³-hybridized carbons (Fsp3) is 1.00. The summed E-state index contributed by atoms with van der Waals surface area (Å²) in [6, 6.07) is 0.603. The van der Waals surface area contributed by atoms with Gasteiger partial charge in [0.05, 0.1) is 6.10 Å². The van der Waals surface area contributed by atoms with Gasteiger partial charge in [-0.3, -0.25) is 4.90 Å². The van der Waals surface area contributed by atoms with E-state index >= 15 is 0 Å². The van der Waals surface area contributed by atoms with Crippen molar-refractivity contribution in [2.75, 3.05) is 13.1 Å². The Bertz CT molecular complexity index is 272. The number of hydrogen-bond acceptors (Lipinski definition) is 3. The molecular formula is C14H28N2O. The van der Waals surface area contributed by atoms with E-state index in [-0.39, 0.29) is 17.6 Å². The number of fused-ring (bicyclic) bond motifs is 1.